The van der Waals surface area contributed by atoms with Crippen LogP contribution < -0.4 is 15.0 Å². The van der Waals surface area contributed by atoms with Crippen molar-refractivity contribution in [1.29, 1.82) is 0 Å². The van der Waals surface area contributed by atoms with E-state index in [-0.39, 0.29) is 18.0 Å². The number of carbonyl (C=O) groups excluding carboxylic acids is 2. The smallest absolute Gasteiger partial charge is 0.325 e. The molecule has 0 radical (unpaired) electrons. The third-order valence-corrected chi connectivity index (χ3v) is 6.39. The van der Waals surface area contributed by atoms with E-state index in [4.69, 9.17) is 4.74 Å². The van der Waals surface area contributed by atoms with Gasteiger partial charge in [-0.3, -0.25) is 9.69 Å². The lowest BCUT2D eigenvalue weighted by Crippen LogP contribution is -2.65. The van der Waals surface area contributed by atoms with Crippen molar-refractivity contribution in [2.45, 2.75) is 38.6 Å². The molecule has 1 fully saturated rings. The molecule has 3 aromatic carbocycles. The molecule has 2 aliphatic heterocycles. The second-order valence-electron chi connectivity index (χ2n) is 9.06. The van der Waals surface area contributed by atoms with Crippen LogP contribution >= 0.6 is 0 Å². The van der Waals surface area contributed by atoms with Crippen LogP contribution in [0.2, 0.25) is 0 Å². The third-order valence-electron chi connectivity index (χ3n) is 6.39. The van der Waals surface area contributed by atoms with Crippen LogP contribution in [0.5, 0.6) is 5.75 Å². The van der Waals surface area contributed by atoms with Crippen LogP contribution in [0, 0.1) is 6.92 Å². The monoisotopic (exact) mass is 441 g/mol. The molecule has 0 aromatic heterocycles. The number of hydrogen-bond acceptors (Lipinski definition) is 3. The van der Waals surface area contributed by atoms with Crippen molar-refractivity contribution in [2.75, 3.05) is 11.9 Å². The lowest BCUT2D eigenvalue weighted by Gasteiger charge is -2.50. The van der Waals surface area contributed by atoms with E-state index in [2.05, 4.69) is 11.4 Å². The Kier molecular flexibility index (Phi) is 5.08. The zero-order valence-corrected chi connectivity index (χ0v) is 19.0. The SMILES string of the molecule is Cc1ccc2c(c1)[C@H]1C[C@@](C)(O2)N(c2cccc(C(=O)N(C)Cc3ccccc3)c2)C(=O)N1. The summed E-state index contributed by atoms with van der Waals surface area (Å²) in [5, 5.41) is 3.12. The summed E-state index contributed by atoms with van der Waals surface area (Å²) in [6.45, 7) is 4.47. The van der Waals surface area contributed by atoms with Gasteiger partial charge in [-0.25, -0.2) is 4.79 Å². The normalized spacial score (nSPS) is 21.0. The number of aryl methyl sites for hydroxylation is 1. The molecule has 2 bridgehead atoms. The van der Waals surface area contributed by atoms with Crippen LogP contribution in [0.3, 0.4) is 0 Å². The lowest BCUT2D eigenvalue weighted by molar-refractivity contribution is 0.0378. The topological polar surface area (TPSA) is 61.9 Å². The van der Waals surface area contributed by atoms with Crippen LogP contribution in [0.1, 0.15) is 46.4 Å². The molecule has 0 spiro atoms. The highest BCUT2D eigenvalue weighted by Crippen LogP contribution is 2.45. The van der Waals surface area contributed by atoms with Gasteiger partial charge in [0, 0.05) is 31.1 Å². The predicted octanol–water partition coefficient (Wildman–Crippen LogP) is 5.04. The highest BCUT2D eigenvalue weighted by atomic mass is 16.5. The molecule has 33 heavy (non-hydrogen) atoms. The fourth-order valence-electron chi connectivity index (χ4n) is 4.81. The summed E-state index contributed by atoms with van der Waals surface area (Å²) in [4.78, 5) is 29.6. The molecular weight excluding hydrogens is 414 g/mol. The van der Waals surface area contributed by atoms with Crippen molar-refractivity contribution >= 4 is 17.6 Å². The molecule has 3 aromatic rings. The van der Waals surface area contributed by atoms with Gasteiger partial charge in [0.05, 0.1) is 11.7 Å². The predicted molar refractivity (Wildman–Crippen MR) is 127 cm³/mol. The van der Waals surface area contributed by atoms with E-state index < -0.39 is 5.72 Å². The quantitative estimate of drug-likeness (QED) is 0.617. The largest absolute Gasteiger partial charge is 0.467 e. The second-order valence-corrected chi connectivity index (χ2v) is 9.06. The van der Waals surface area contributed by atoms with E-state index in [0.717, 1.165) is 22.4 Å². The maximum atomic E-state index is 13.2. The van der Waals surface area contributed by atoms with E-state index in [0.29, 0.717) is 24.2 Å². The van der Waals surface area contributed by atoms with Gasteiger partial charge in [-0.15, -0.1) is 0 Å². The van der Waals surface area contributed by atoms with Crippen molar-refractivity contribution < 1.29 is 14.3 Å². The number of nitrogens with zero attached hydrogens (tertiary/aromatic N) is 2. The molecule has 168 valence electrons. The number of carbonyl (C=O) groups is 2. The molecule has 2 aliphatic rings. The van der Waals surface area contributed by atoms with Gasteiger partial charge in [0.15, 0.2) is 5.72 Å². The average Bonchev–Trinajstić information content (AvgIpc) is 2.79. The van der Waals surface area contributed by atoms with Crippen LogP contribution in [0.4, 0.5) is 10.5 Å². The molecule has 1 N–H and O–H groups in total. The Morgan fingerprint density at radius 1 is 1.12 bits per heavy atom. The molecule has 2 atom stereocenters. The van der Waals surface area contributed by atoms with Gasteiger partial charge in [0.2, 0.25) is 0 Å². The first kappa shape index (κ1) is 21.1. The summed E-state index contributed by atoms with van der Waals surface area (Å²) in [5.74, 6) is 0.672. The first-order valence-corrected chi connectivity index (χ1v) is 11.1. The number of rotatable bonds is 4. The Morgan fingerprint density at radius 2 is 1.91 bits per heavy atom. The number of amides is 3. The third kappa shape index (κ3) is 3.82. The van der Waals surface area contributed by atoms with Gasteiger partial charge in [0.25, 0.3) is 5.91 Å². The first-order valence-electron chi connectivity index (χ1n) is 11.1. The number of anilines is 1. The highest BCUT2D eigenvalue weighted by molar-refractivity contribution is 5.98. The van der Waals surface area contributed by atoms with Gasteiger partial charge < -0.3 is 15.0 Å². The maximum absolute atomic E-state index is 13.2. The van der Waals surface area contributed by atoms with E-state index >= 15 is 0 Å². The van der Waals surface area contributed by atoms with Crippen molar-refractivity contribution in [2.24, 2.45) is 0 Å². The zero-order valence-electron chi connectivity index (χ0n) is 19.0. The van der Waals surface area contributed by atoms with Crippen molar-refractivity contribution in [3.05, 3.63) is 95.1 Å². The fourth-order valence-corrected chi connectivity index (χ4v) is 4.81. The lowest BCUT2D eigenvalue weighted by atomic mass is 9.89. The number of fused-ring (bicyclic) bond motifs is 4. The number of nitrogens with one attached hydrogen (secondary N) is 1. The fraction of sp³-hybridized carbons (Fsp3) is 0.259. The Balaban J connectivity index is 1.43. The Labute approximate surface area is 193 Å². The number of urea groups is 1. The standard InChI is InChI=1S/C27H27N3O3/c1-18-12-13-24-22(14-18)23-16-27(2,33-24)30(26(32)28-23)21-11-7-10-20(15-21)25(31)29(3)17-19-8-5-4-6-9-19/h4-15,23H,16-17H2,1-3H3,(H,28,32)/t23-,27-/m1/s1. The maximum Gasteiger partial charge on any atom is 0.325 e. The van der Waals surface area contributed by atoms with Crippen molar-refractivity contribution in [3.8, 4) is 5.75 Å². The molecule has 5 rings (SSSR count). The minimum absolute atomic E-state index is 0.105. The molecule has 6 heteroatoms. The molecule has 2 heterocycles. The van der Waals surface area contributed by atoms with Crippen LogP contribution in [0.25, 0.3) is 0 Å². The van der Waals surface area contributed by atoms with Crippen LogP contribution in [-0.2, 0) is 6.54 Å². The minimum atomic E-state index is -0.854. The second kappa shape index (κ2) is 7.96. The van der Waals surface area contributed by atoms with Crippen molar-refractivity contribution in [1.82, 2.24) is 10.2 Å². The number of benzene rings is 3. The Hall–Kier alpha value is -3.80. The minimum Gasteiger partial charge on any atom is -0.467 e. The summed E-state index contributed by atoms with van der Waals surface area (Å²) in [5.41, 5.74) is 3.49. The average molecular weight is 442 g/mol. The Morgan fingerprint density at radius 3 is 2.70 bits per heavy atom. The van der Waals surface area contributed by atoms with E-state index in [1.54, 1.807) is 29.0 Å². The molecular formula is C27H27N3O3. The van der Waals surface area contributed by atoms with Crippen LogP contribution in [0.15, 0.2) is 72.8 Å². The number of hydrogen-bond donors (Lipinski definition) is 1. The molecule has 3 amide bonds. The van der Waals surface area contributed by atoms with E-state index in [1.165, 1.54) is 0 Å². The van der Waals surface area contributed by atoms with Gasteiger partial charge in [-0.05, 0) is 43.7 Å². The summed E-state index contributed by atoms with van der Waals surface area (Å²) < 4.78 is 6.38. The van der Waals surface area contributed by atoms with Gasteiger partial charge in [-0.1, -0.05) is 54.1 Å². The molecule has 0 unspecified atom stereocenters. The van der Waals surface area contributed by atoms with Gasteiger partial charge in [-0.2, -0.15) is 0 Å². The molecule has 1 saturated heterocycles. The summed E-state index contributed by atoms with van der Waals surface area (Å²) in [6.07, 6.45) is 0.612. The summed E-state index contributed by atoms with van der Waals surface area (Å²) in [7, 11) is 1.78. The van der Waals surface area contributed by atoms with E-state index in [1.807, 2.05) is 68.4 Å². The van der Waals surface area contributed by atoms with Gasteiger partial charge in [0.1, 0.15) is 5.75 Å². The summed E-state index contributed by atoms with van der Waals surface area (Å²) >= 11 is 0. The molecule has 0 aliphatic carbocycles. The summed E-state index contributed by atoms with van der Waals surface area (Å²) in [6, 6.07) is 22.8. The number of ether oxygens (including phenoxy) is 1. The van der Waals surface area contributed by atoms with E-state index in [9.17, 15) is 9.59 Å². The van der Waals surface area contributed by atoms with Crippen LogP contribution in [-0.4, -0.2) is 29.6 Å². The van der Waals surface area contributed by atoms with Gasteiger partial charge >= 0.3 is 6.03 Å². The first-order chi connectivity index (χ1) is 15.8. The Bertz CT molecular complexity index is 1230. The molecule has 0 saturated carbocycles. The zero-order chi connectivity index (χ0) is 23.2. The van der Waals surface area contributed by atoms with Crippen molar-refractivity contribution in [3.63, 3.8) is 0 Å². The highest BCUT2D eigenvalue weighted by Gasteiger charge is 2.49. The molecule has 6 nitrogen and oxygen atoms in total.